The SMILES string of the molecule is CC(O)C1CCN(c2nccnc2N(C)C)C1. The number of hydrogen-bond donors (Lipinski definition) is 1. The molecule has 94 valence electrons. The second-order valence-electron chi connectivity index (χ2n) is 4.83. The molecule has 1 aromatic rings. The molecule has 5 heteroatoms. The molecule has 0 aliphatic carbocycles. The summed E-state index contributed by atoms with van der Waals surface area (Å²) in [6.45, 7) is 3.66. The fraction of sp³-hybridized carbons (Fsp3) is 0.667. The van der Waals surface area contributed by atoms with E-state index in [0.29, 0.717) is 5.92 Å². The maximum absolute atomic E-state index is 9.62. The minimum Gasteiger partial charge on any atom is -0.393 e. The predicted octanol–water partition coefficient (Wildman–Crippen LogP) is 0.750. The lowest BCUT2D eigenvalue weighted by atomic mass is 10.0. The molecule has 1 aliphatic rings. The summed E-state index contributed by atoms with van der Waals surface area (Å²) in [5, 5.41) is 9.62. The van der Waals surface area contributed by atoms with Gasteiger partial charge >= 0.3 is 0 Å². The third-order valence-corrected chi connectivity index (χ3v) is 3.29. The van der Waals surface area contributed by atoms with E-state index in [1.807, 2.05) is 25.9 Å². The fourth-order valence-corrected chi connectivity index (χ4v) is 2.24. The van der Waals surface area contributed by atoms with Crippen molar-refractivity contribution in [3.63, 3.8) is 0 Å². The van der Waals surface area contributed by atoms with Crippen LogP contribution in [0.5, 0.6) is 0 Å². The Morgan fingerprint density at radius 1 is 1.41 bits per heavy atom. The van der Waals surface area contributed by atoms with E-state index in [9.17, 15) is 5.11 Å². The molecule has 1 N–H and O–H groups in total. The summed E-state index contributed by atoms with van der Waals surface area (Å²) in [5.41, 5.74) is 0. The maximum Gasteiger partial charge on any atom is 0.171 e. The van der Waals surface area contributed by atoms with E-state index in [0.717, 1.165) is 31.1 Å². The topological polar surface area (TPSA) is 52.5 Å². The van der Waals surface area contributed by atoms with Crippen molar-refractivity contribution in [1.82, 2.24) is 9.97 Å². The van der Waals surface area contributed by atoms with Gasteiger partial charge in [-0.05, 0) is 13.3 Å². The van der Waals surface area contributed by atoms with Crippen molar-refractivity contribution in [2.75, 3.05) is 37.0 Å². The second kappa shape index (κ2) is 4.87. The summed E-state index contributed by atoms with van der Waals surface area (Å²) in [6.07, 6.45) is 4.19. The largest absolute Gasteiger partial charge is 0.393 e. The molecule has 1 aliphatic heterocycles. The summed E-state index contributed by atoms with van der Waals surface area (Å²) in [4.78, 5) is 12.9. The van der Waals surface area contributed by atoms with Gasteiger partial charge in [-0.15, -0.1) is 0 Å². The van der Waals surface area contributed by atoms with Gasteiger partial charge in [0, 0.05) is 45.5 Å². The Balaban J connectivity index is 2.18. The quantitative estimate of drug-likeness (QED) is 0.839. The number of aliphatic hydroxyl groups is 1. The van der Waals surface area contributed by atoms with Crippen molar-refractivity contribution < 1.29 is 5.11 Å². The molecular weight excluding hydrogens is 216 g/mol. The van der Waals surface area contributed by atoms with Crippen molar-refractivity contribution in [2.45, 2.75) is 19.4 Å². The van der Waals surface area contributed by atoms with Gasteiger partial charge in [-0.2, -0.15) is 0 Å². The van der Waals surface area contributed by atoms with Crippen molar-refractivity contribution in [2.24, 2.45) is 5.92 Å². The first-order chi connectivity index (χ1) is 8.09. The highest BCUT2D eigenvalue weighted by atomic mass is 16.3. The molecule has 5 nitrogen and oxygen atoms in total. The number of aliphatic hydroxyl groups excluding tert-OH is 1. The maximum atomic E-state index is 9.62. The highest BCUT2D eigenvalue weighted by Crippen LogP contribution is 2.29. The van der Waals surface area contributed by atoms with Crippen LogP contribution >= 0.6 is 0 Å². The van der Waals surface area contributed by atoms with Crippen LogP contribution in [-0.2, 0) is 0 Å². The van der Waals surface area contributed by atoms with Crippen LogP contribution in [0.1, 0.15) is 13.3 Å². The van der Waals surface area contributed by atoms with Crippen molar-refractivity contribution in [3.05, 3.63) is 12.4 Å². The van der Waals surface area contributed by atoms with Crippen LogP contribution in [0.3, 0.4) is 0 Å². The smallest absolute Gasteiger partial charge is 0.171 e. The number of aromatic nitrogens is 2. The third-order valence-electron chi connectivity index (χ3n) is 3.29. The zero-order valence-electron chi connectivity index (χ0n) is 10.7. The molecule has 0 amide bonds. The molecule has 2 atom stereocenters. The van der Waals surface area contributed by atoms with E-state index in [1.165, 1.54) is 0 Å². The first kappa shape index (κ1) is 12.1. The third kappa shape index (κ3) is 2.49. The highest BCUT2D eigenvalue weighted by molar-refractivity contribution is 5.61. The van der Waals surface area contributed by atoms with Gasteiger partial charge in [0.25, 0.3) is 0 Å². The first-order valence-corrected chi connectivity index (χ1v) is 6.01. The van der Waals surface area contributed by atoms with Crippen molar-refractivity contribution in [1.29, 1.82) is 0 Å². The minimum atomic E-state index is -0.250. The molecule has 0 radical (unpaired) electrons. The molecule has 1 fully saturated rings. The Kier molecular flexibility index (Phi) is 3.47. The molecule has 0 saturated carbocycles. The molecule has 0 bridgehead atoms. The Hall–Kier alpha value is -1.36. The van der Waals surface area contributed by atoms with Crippen LogP contribution in [0.2, 0.25) is 0 Å². The number of rotatable bonds is 3. The van der Waals surface area contributed by atoms with E-state index in [1.54, 1.807) is 12.4 Å². The molecule has 2 unspecified atom stereocenters. The molecule has 1 saturated heterocycles. The Bertz CT molecular complexity index is 381. The Labute approximate surface area is 102 Å². The van der Waals surface area contributed by atoms with Crippen molar-refractivity contribution in [3.8, 4) is 0 Å². The molecule has 2 heterocycles. The zero-order valence-corrected chi connectivity index (χ0v) is 10.7. The Morgan fingerprint density at radius 2 is 2.12 bits per heavy atom. The molecule has 2 rings (SSSR count). The molecular formula is C12H20N4O. The van der Waals surface area contributed by atoms with E-state index >= 15 is 0 Å². The lowest BCUT2D eigenvalue weighted by molar-refractivity contribution is 0.136. The van der Waals surface area contributed by atoms with E-state index < -0.39 is 0 Å². The molecule has 0 spiro atoms. The number of nitrogens with zero attached hydrogens (tertiary/aromatic N) is 4. The van der Waals surface area contributed by atoms with Gasteiger partial charge < -0.3 is 14.9 Å². The van der Waals surface area contributed by atoms with E-state index in [4.69, 9.17) is 0 Å². The summed E-state index contributed by atoms with van der Waals surface area (Å²) < 4.78 is 0. The monoisotopic (exact) mass is 236 g/mol. The van der Waals surface area contributed by atoms with Gasteiger partial charge in [0.2, 0.25) is 0 Å². The van der Waals surface area contributed by atoms with Crippen LogP contribution in [-0.4, -0.2) is 48.4 Å². The van der Waals surface area contributed by atoms with Crippen LogP contribution in [0.4, 0.5) is 11.6 Å². The van der Waals surface area contributed by atoms with Crippen LogP contribution in [0.25, 0.3) is 0 Å². The zero-order chi connectivity index (χ0) is 12.4. The average Bonchev–Trinajstić information content (AvgIpc) is 2.78. The summed E-state index contributed by atoms with van der Waals surface area (Å²) in [6, 6.07) is 0. The van der Waals surface area contributed by atoms with E-state index in [-0.39, 0.29) is 6.10 Å². The lowest BCUT2D eigenvalue weighted by Crippen LogP contribution is -2.27. The molecule has 1 aromatic heterocycles. The average molecular weight is 236 g/mol. The standard InChI is InChI=1S/C12H20N4O/c1-9(17)10-4-7-16(8-10)12-11(15(2)3)13-5-6-14-12/h5-6,9-10,17H,4,7-8H2,1-3H3. The normalized spacial score (nSPS) is 21.6. The Morgan fingerprint density at radius 3 is 2.71 bits per heavy atom. The second-order valence-corrected chi connectivity index (χ2v) is 4.83. The lowest BCUT2D eigenvalue weighted by Gasteiger charge is -2.23. The van der Waals surface area contributed by atoms with Gasteiger partial charge in [-0.3, -0.25) is 0 Å². The number of hydrogen-bond acceptors (Lipinski definition) is 5. The van der Waals surface area contributed by atoms with Crippen LogP contribution in [0, 0.1) is 5.92 Å². The summed E-state index contributed by atoms with van der Waals surface area (Å²) >= 11 is 0. The molecule has 0 aromatic carbocycles. The van der Waals surface area contributed by atoms with Crippen LogP contribution < -0.4 is 9.80 Å². The van der Waals surface area contributed by atoms with Gasteiger partial charge in [0.1, 0.15) is 0 Å². The molecule has 17 heavy (non-hydrogen) atoms. The van der Waals surface area contributed by atoms with Crippen molar-refractivity contribution >= 4 is 11.6 Å². The summed E-state index contributed by atoms with van der Waals surface area (Å²) in [7, 11) is 3.94. The first-order valence-electron chi connectivity index (χ1n) is 6.01. The van der Waals surface area contributed by atoms with Gasteiger partial charge in [-0.25, -0.2) is 9.97 Å². The highest BCUT2D eigenvalue weighted by Gasteiger charge is 2.28. The predicted molar refractivity (Wildman–Crippen MR) is 68.4 cm³/mol. The minimum absolute atomic E-state index is 0.250. The summed E-state index contributed by atoms with van der Waals surface area (Å²) in [5.74, 6) is 2.14. The fourth-order valence-electron chi connectivity index (χ4n) is 2.24. The van der Waals surface area contributed by atoms with Gasteiger partial charge in [0.05, 0.1) is 6.10 Å². The van der Waals surface area contributed by atoms with Gasteiger partial charge in [-0.1, -0.05) is 0 Å². The number of anilines is 2. The van der Waals surface area contributed by atoms with Crippen LogP contribution in [0.15, 0.2) is 12.4 Å². The van der Waals surface area contributed by atoms with Gasteiger partial charge in [0.15, 0.2) is 11.6 Å². The van der Waals surface area contributed by atoms with E-state index in [2.05, 4.69) is 14.9 Å².